The van der Waals surface area contributed by atoms with E-state index < -0.39 is 62.1 Å². The number of hydrogen-bond acceptors (Lipinski definition) is 7. The summed E-state index contributed by atoms with van der Waals surface area (Å²) < 4.78 is 8.48. The first-order valence-corrected chi connectivity index (χ1v) is 5.14. The third-order valence-corrected chi connectivity index (χ3v) is 1.66. The van der Waals surface area contributed by atoms with Gasteiger partial charge in [0.05, 0.1) is 25.7 Å². The van der Waals surface area contributed by atoms with Crippen LogP contribution in [0.1, 0.15) is 25.7 Å². The molecule has 0 bridgehead atoms. The van der Waals surface area contributed by atoms with Crippen LogP contribution >= 0.6 is 0 Å². The summed E-state index contributed by atoms with van der Waals surface area (Å²) in [7, 11) is 0. The van der Waals surface area contributed by atoms with Crippen LogP contribution in [0, 0.1) is 0 Å². The van der Waals surface area contributed by atoms with E-state index in [0.717, 1.165) is 0 Å². The van der Waals surface area contributed by atoms with Crippen molar-refractivity contribution in [3.8, 4) is 0 Å². The lowest BCUT2D eigenvalue weighted by molar-refractivity contribution is -0.167. The number of hydrogen-bond donors (Lipinski definition) is 2. The second-order valence-corrected chi connectivity index (χ2v) is 3.29. The molecule has 0 aliphatic rings. The Hall–Kier alpha value is -2.45. The third kappa shape index (κ3) is 10.4. The Morgan fingerprint density at radius 3 is 1.63 bits per heavy atom. The van der Waals surface area contributed by atoms with E-state index in [4.69, 9.17) is 10.2 Å². The monoisotopic (exact) mass is 276 g/mol. The average molecular weight is 276 g/mol. The topological polar surface area (TPSA) is 144 Å². The number of carbonyl (C=O) groups excluding carboxylic acids is 3. The van der Waals surface area contributed by atoms with Gasteiger partial charge < -0.3 is 19.7 Å². The van der Waals surface area contributed by atoms with Gasteiger partial charge in [0.25, 0.3) is 0 Å². The van der Waals surface area contributed by atoms with Gasteiger partial charge in [-0.15, -0.1) is 0 Å². The summed E-state index contributed by atoms with van der Waals surface area (Å²) in [6.45, 7) is -0.836. The Balaban J connectivity index is 3.80. The zero-order valence-corrected chi connectivity index (χ0v) is 9.79. The Kier molecular flexibility index (Phi) is 7.50. The van der Waals surface area contributed by atoms with Gasteiger partial charge in [0.15, 0.2) is 6.61 Å². The summed E-state index contributed by atoms with van der Waals surface area (Å²) >= 11 is 0. The van der Waals surface area contributed by atoms with E-state index in [-0.39, 0.29) is 0 Å². The minimum absolute atomic E-state index is 0.407. The van der Waals surface area contributed by atoms with Crippen LogP contribution in [0.3, 0.4) is 0 Å². The number of ether oxygens (including phenoxy) is 2. The van der Waals surface area contributed by atoms with E-state index >= 15 is 0 Å². The lowest BCUT2D eigenvalue weighted by atomic mass is 10.3. The van der Waals surface area contributed by atoms with Crippen LogP contribution in [-0.2, 0) is 33.4 Å². The molecule has 0 aromatic carbocycles. The molecule has 106 valence electrons. The molecule has 0 aromatic heterocycles. The predicted octanol–water partition coefficient (Wildman–Crippen LogP) is -0.671. The van der Waals surface area contributed by atoms with E-state index in [2.05, 4.69) is 9.47 Å². The minimum atomic E-state index is -1.22. The van der Waals surface area contributed by atoms with Crippen molar-refractivity contribution in [2.45, 2.75) is 25.7 Å². The molecular formula is C10H12O9. The van der Waals surface area contributed by atoms with Gasteiger partial charge in [-0.25, -0.2) is 4.79 Å². The van der Waals surface area contributed by atoms with Gasteiger partial charge in [0, 0.05) is 0 Å². The van der Waals surface area contributed by atoms with Crippen molar-refractivity contribution in [2.75, 3.05) is 6.61 Å². The standard InChI is InChI=1S/C10H12O9/c11-6(12)1-3-8(15)18-5-10(17)19-9(16)4-2-7(13)14/h1-5H2,(H,11,12)(H,13,14). The van der Waals surface area contributed by atoms with Crippen LogP contribution in [-0.4, -0.2) is 46.7 Å². The average Bonchev–Trinajstić information content (AvgIpc) is 2.31. The van der Waals surface area contributed by atoms with E-state index in [9.17, 15) is 24.0 Å². The highest BCUT2D eigenvalue weighted by molar-refractivity contribution is 5.88. The van der Waals surface area contributed by atoms with Crippen molar-refractivity contribution >= 4 is 29.8 Å². The van der Waals surface area contributed by atoms with Crippen LogP contribution in [0.4, 0.5) is 0 Å². The summed E-state index contributed by atoms with van der Waals surface area (Å²) in [4.78, 5) is 53.0. The first-order chi connectivity index (χ1) is 8.81. The third-order valence-electron chi connectivity index (χ3n) is 1.66. The fourth-order valence-corrected chi connectivity index (χ4v) is 0.837. The molecule has 0 fully saturated rings. The molecule has 0 aromatic rings. The lowest BCUT2D eigenvalue weighted by Crippen LogP contribution is -2.20. The predicted molar refractivity (Wildman–Crippen MR) is 55.8 cm³/mol. The maximum absolute atomic E-state index is 11.0. The number of esters is 3. The zero-order valence-electron chi connectivity index (χ0n) is 9.79. The van der Waals surface area contributed by atoms with Gasteiger partial charge >= 0.3 is 29.8 Å². The van der Waals surface area contributed by atoms with Crippen LogP contribution in [0.2, 0.25) is 0 Å². The summed E-state index contributed by atoms with van der Waals surface area (Å²) in [5, 5.41) is 16.5. The number of carboxylic acid groups (broad SMARTS) is 2. The molecule has 0 unspecified atom stereocenters. The molecule has 0 amide bonds. The molecule has 0 aliphatic carbocycles. The van der Waals surface area contributed by atoms with Crippen molar-refractivity contribution in [1.82, 2.24) is 0 Å². The van der Waals surface area contributed by atoms with E-state index in [0.29, 0.717) is 0 Å². The molecule has 0 rings (SSSR count). The Morgan fingerprint density at radius 1 is 0.684 bits per heavy atom. The second kappa shape index (κ2) is 8.61. The van der Waals surface area contributed by atoms with Gasteiger partial charge in [-0.3, -0.25) is 19.2 Å². The minimum Gasteiger partial charge on any atom is -0.481 e. The molecule has 9 heteroatoms. The van der Waals surface area contributed by atoms with E-state index in [1.165, 1.54) is 0 Å². The maximum atomic E-state index is 11.0. The summed E-state index contributed by atoms with van der Waals surface area (Å²) in [5.41, 5.74) is 0. The highest BCUT2D eigenvalue weighted by Crippen LogP contribution is 1.96. The summed E-state index contributed by atoms with van der Waals surface area (Å²) in [6.07, 6.45) is -1.81. The maximum Gasteiger partial charge on any atom is 0.351 e. The van der Waals surface area contributed by atoms with Crippen molar-refractivity contribution in [1.29, 1.82) is 0 Å². The first kappa shape index (κ1) is 16.6. The van der Waals surface area contributed by atoms with Gasteiger partial charge in [-0.2, -0.15) is 0 Å². The molecule has 9 nitrogen and oxygen atoms in total. The number of aliphatic carboxylic acids is 2. The van der Waals surface area contributed by atoms with Gasteiger partial charge in [0.1, 0.15) is 0 Å². The summed E-state index contributed by atoms with van der Waals surface area (Å²) in [5.74, 6) is -5.53. The Bertz CT molecular complexity index is 384. The molecule has 0 heterocycles. The smallest absolute Gasteiger partial charge is 0.351 e. The Morgan fingerprint density at radius 2 is 1.16 bits per heavy atom. The number of carbonyl (C=O) groups is 5. The fraction of sp³-hybridized carbons (Fsp3) is 0.500. The highest BCUT2D eigenvalue weighted by atomic mass is 16.6. The van der Waals surface area contributed by atoms with Crippen LogP contribution in [0.5, 0.6) is 0 Å². The van der Waals surface area contributed by atoms with Crippen LogP contribution < -0.4 is 0 Å². The van der Waals surface area contributed by atoms with Gasteiger partial charge in [-0.05, 0) is 0 Å². The van der Waals surface area contributed by atoms with E-state index in [1.807, 2.05) is 0 Å². The quantitative estimate of drug-likeness (QED) is 0.435. The molecule has 0 saturated heterocycles. The van der Waals surface area contributed by atoms with Crippen molar-refractivity contribution in [2.24, 2.45) is 0 Å². The van der Waals surface area contributed by atoms with Gasteiger partial charge in [-0.1, -0.05) is 0 Å². The summed E-state index contributed by atoms with van der Waals surface area (Å²) in [6, 6.07) is 0. The molecule has 0 radical (unpaired) electrons. The SMILES string of the molecule is O=C(O)CCC(=O)OCC(=O)OC(=O)CCC(=O)O. The number of carboxylic acids is 2. The van der Waals surface area contributed by atoms with Crippen molar-refractivity contribution in [3.63, 3.8) is 0 Å². The van der Waals surface area contributed by atoms with Gasteiger partial charge in [0.2, 0.25) is 0 Å². The van der Waals surface area contributed by atoms with Crippen molar-refractivity contribution in [3.05, 3.63) is 0 Å². The highest BCUT2D eigenvalue weighted by Gasteiger charge is 2.14. The van der Waals surface area contributed by atoms with Crippen LogP contribution in [0.15, 0.2) is 0 Å². The molecular weight excluding hydrogens is 264 g/mol. The molecule has 0 atom stereocenters. The molecule has 0 aliphatic heterocycles. The fourth-order valence-electron chi connectivity index (χ4n) is 0.837. The first-order valence-electron chi connectivity index (χ1n) is 5.14. The molecule has 19 heavy (non-hydrogen) atoms. The molecule has 0 spiro atoms. The largest absolute Gasteiger partial charge is 0.481 e. The Labute approximate surface area is 107 Å². The molecule has 2 N–H and O–H groups in total. The lowest BCUT2D eigenvalue weighted by Gasteiger charge is -2.03. The van der Waals surface area contributed by atoms with E-state index in [1.54, 1.807) is 0 Å². The second-order valence-electron chi connectivity index (χ2n) is 3.29. The number of rotatable bonds is 8. The van der Waals surface area contributed by atoms with Crippen LogP contribution in [0.25, 0.3) is 0 Å². The zero-order chi connectivity index (χ0) is 14.8. The molecule has 0 saturated carbocycles. The normalized spacial score (nSPS) is 9.47. The van der Waals surface area contributed by atoms with Crippen molar-refractivity contribution < 1.29 is 43.7 Å².